The molecule has 0 aliphatic carbocycles. The van der Waals surface area contributed by atoms with Crippen LogP contribution in [0.5, 0.6) is 0 Å². The smallest absolute Gasteiger partial charge is 0.123 e. The Bertz CT molecular complexity index is 281. The molecule has 4 heteroatoms. The number of nitrogens with zero attached hydrogens (tertiary/aromatic N) is 2. The third-order valence-corrected chi connectivity index (χ3v) is 2.21. The molecule has 15 heavy (non-hydrogen) atoms. The first kappa shape index (κ1) is 11.8. The number of anilines is 2. The maximum absolute atomic E-state index is 5.51. The van der Waals surface area contributed by atoms with Gasteiger partial charge in [0.2, 0.25) is 0 Å². The first-order valence-electron chi connectivity index (χ1n) is 5.20. The van der Waals surface area contributed by atoms with Gasteiger partial charge in [-0.3, -0.25) is 0 Å². The Labute approximate surface area is 91.5 Å². The summed E-state index contributed by atoms with van der Waals surface area (Å²) in [6.45, 7) is 3.25. The minimum absolute atomic E-state index is 0.442. The number of nitrogens with one attached hydrogen (secondary N) is 1. The average Bonchev–Trinajstić information content (AvgIpc) is 2.19. The molecule has 1 aromatic rings. The van der Waals surface area contributed by atoms with E-state index in [-0.39, 0.29) is 0 Å². The van der Waals surface area contributed by atoms with Crippen LogP contribution in [0.1, 0.15) is 13.3 Å². The van der Waals surface area contributed by atoms with Gasteiger partial charge >= 0.3 is 0 Å². The Kier molecular flexibility index (Phi) is 4.37. The highest BCUT2D eigenvalue weighted by molar-refractivity contribution is 5.45. The maximum atomic E-state index is 5.51. The summed E-state index contributed by atoms with van der Waals surface area (Å²) in [6, 6.07) is 4.20. The second-order valence-electron chi connectivity index (χ2n) is 4.11. The lowest BCUT2D eigenvalue weighted by atomic mass is 10.2. The molecule has 0 aliphatic rings. The molecule has 84 valence electrons. The molecular formula is C11H20N4. The third-order valence-electron chi connectivity index (χ3n) is 2.21. The van der Waals surface area contributed by atoms with Gasteiger partial charge in [-0.25, -0.2) is 4.98 Å². The number of nitrogen functional groups attached to an aromatic ring is 1. The highest BCUT2D eigenvalue weighted by Gasteiger charge is 2.02. The lowest BCUT2D eigenvalue weighted by Crippen LogP contribution is -2.23. The number of hydrogen-bond donors (Lipinski definition) is 2. The predicted octanol–water partition coefficient (Wildman–Crippen LogP) is 1.42. The van der Waals surface area contributed by atoms with E-state index in [4.69, 9.17) is 5.73 Å². The van der Waals surface area contributed by atoms with E-state index >= 15 is 0 Å². The fraction of sp³-hybridized carbons (Fsp3) is 0.545. The number of nitrogens with two attached hydrogens (primary N) is 1. The molecule has 1 unspecified atom stereocenters. The molecule has 1 rings (SSSR count). The summed E-state index contributed by atoms with van der Waals surface area (Å²) in [6.07, 6.45) is 2.87. The van der Waals surface area contributed by atoms with Gasteiger partial charge in [0.25, 0.3) is 0 Å². The van der Waals surface area contributed by atoms with Gasteiger partial charge in [0.15, 0.2) is 0 Å². The van der Waals surface area contributed by atoms with Crippen LogP contribution < -0.4 is 11.1 Å². The Morgan fingerprint density at radius 1 is 1.47 bits per heavy atom. The molecule has 4 nitrogen and oxygen atoms in total. The molecule has 0 amide bonds. The molecule has 0 aliphatic heterocycles. The molecule has 0 radical (unpaired) electrons. The molecule has 1 atom stereocenters. The van der Waals surface area contributed by atoms with Gasteiger partial charge in [-0.2, -0.15) is 0 Å². The van der Waals surface area contributed by atoms with E-state index in [2.05, 4.69) is 36.2 Å². The zero-order valence-electron chi connectivity index (χ0n) is 9.70. The van der Waals surface area contributed by atoms with E-state index in [1.54, 1.807) is 12.3 Å². The summed E-state index contributed by atoms with van der Waals surface area (Å²) in [5, 5.41) is 3.38. The van der Waals surface area contributed by atoms with Gasteiger partial charge in [0, 0.05) is 6.04 Å². The average molecular weight is 208 g/mol. The van der Waals surface area contributed by atoms with Crippen LogP contribution in [-0.2, 0) is 0 Å². The van der Waals surface area contributed by atoms with E-state index in [9.17, 15) is 0 Å². The molecule has 1 heterocycles. The maximum Gasteiger partial charge on any atom is 0.123 e. The van der Waals surface area contributed by atoms with Crippen molar-refractivity contribution in [2.45, 2.75) is 19.4 Å². The molecule has 0 bridgehead atoms. The van der Waals surface area contributed by atoms with Gasteiger partial charge < -0.3 is 16.0 Å². The van der Waals surface area contributed by atoms with Gasteiger partial charge in [0.1, 0.15) is 5.82 Å². The summed E-state index contributed by atoms with van der Waals surface area (Å²) in [4.78, 5) is 6.21. The molecule has 0 saturated carbocycles. The van der Waals surface area contributed by atoms with Crippen molar-refractivity contribution in [2.75, 3.05) is 31.7 Å². The van der Waals surface area contributed by atoms with Gasteiger partial charge in [-0.1, -0.05) is 0 Å². The fourth-order valence-corrected chi connectivity index (χ4v) is 1.30. The van der Waals surface area contributed by atoms with Gasteiger partial charge in [-0.05, 0) is 46.1 Å². The Hall–Kier alpha value is -1.29. The van der Waals surface area contributed by atoms with E-state index in [0.29, 0.717) is 11.9 Å². The summed E-state index contributed by atoms with van der Waals surface area (Å²) in [7, 11) is 4.16. The van der Waals surface area contributed by atoms with Gasteiger partial charge in [-0.15, -0.1) is 0 Å². The summed E-state index contributed by atoms with van der Waals surface area (Å²) in [5.74, 6) is 0.557. The zero-order chi connectivity index (χ0) is 11.3. The van der Waals surface area contributed by atoms with Crippen molar-refractivity contribution in [2.24, 2.45) is 0 Å². The first-order chi connectivity index (χ1) is 7.08. The fourth-order valence-electron chi connectivity index (χ4n) is 1.30. The van der Waals surface area contributed by atoms with Crippen molar-refractivity contribution in [3.8, 4) is 0 Å². The van der Waals surface area contributed by atoms with Crippen molar-refractivity contribution < 1.29 is 0 Å². The standard InChI is InChI=1S/C11H20N4/c1-9(6-7-15(2)3)14-10-4-5-11(12)13-8-10/h4-5,8-9,14H,6-7H2,1-3H3,(H2,12,13). The van der Waals surface area contributed by atoms with E-state index in [1.165, 1.54) is 0 Å². The Morgan fingerprint density at radius 2 is 2.20 bits per heavy atom. The Morgan fingerprint density at radius 3 is 2.73 bits per heavy atom. The molecule has 0 saturated heterocycles. The highest BCUT2D eigenvalue weighted by atomic mass is 15.1. The molecular weight excluding hydrogens is 188 g/mol. The second kappa shape index (κ2) is 5.56. The van der Waals surface area contributed by atoms with Crippen LogP contribution in [0, 0.1) is 0 Å². The van der Waals surface area contributed by atoms with Crippen LogP contribution in [0.15, 0.2) is 18.3 Å². The molecule has 0 aromatic carbocycles. The Balaban J connectivity index is 2.37. The van der Waals surface area contributed by atoms with Crippen LogP contribution in [0.2, 0.25) is 0 Å². The number of pyridine rings is 1. The predicted molar refractivity (Wildman–Crippen MR) is 64.9 cm³/mol. The van der Waals surface area contributed by atoms with Crippen LogP contribution >= 0.6 is 0 Å². The van der Waals surface area contributed by atoms with Crippen LogP contribution in [-0.4, -0.2) is 36.6 Å². The monoisotopic (exact) mass is 208 g/mol. The minimum atomic E-state index is 0.442. The molecule has 3 N–H and O–H groups in total. The van der Waals surface area contributed by atoms with Crippen molar-refractivity contribution >= 4 is 11.5 Å². The largest absolute Gasteiger partial charge is 0.384 e. The van der Waals surface area contributed by atoms with E-state index in [1.807, 2.05) is 6.07 Å². The number of aromatic nitrogens is 1. The van der Waals surface area contributed by atoms with Crippen molar-refractivity contribution in [1.29, 1.82) is 0 Å². The van der Waals surface area contributed by atoms with Gasteiger partial charge in [0.05, 0.1) is 11.9 Å². The molecule has 0 spiro atoms. The number of rotatable bonds is 5. The quantitative estimate of drug-likeness (QED) is 0.768. The van der Waals surface area contributed by atoms with E-state index in [0.717, 1.165) is 18.7 Å². The third kappa shape index (κ3) is 4.65. The highest BCUT2D eigenvalue weighted by Crippen LogP contribution is 2.09. The van der Waals surface area contributed by atoms with Crippen molar-refractivity contribution in [3.63, 3.8) is 0 Å². The normalized spacial score (nSPS) is 12.8. The molecule has 0 fully saturated rings. The summed E-state index contributed by atoms with van der Waals surface area (Å²) in [5.41, 5.74) is 6.53. The van der Waals surface area contributed by atoms with Crippen molar-refractivity contribution in [1.82, 2.24) is 9.88 Å². The number of hydrogen-bond acceptors (Lipinski definition) is 4. The van der Waals surface area contributed by atoms with Crippen LogP contribution in [0.25, 0.3) is 0 Å². The molecule has 1 aromatic heterocycles. The second-order valence-corrected chi connectivity index (χ2v) is 4.11. The zero-order valence-corrected chi connectivity index (χ0v) is 9.70. The topological polar surface area (TPSA) is 54.2 Å². The van der Waals surface area contributed by atoms with Crippen LogP contribution in [0.3, 0.4) is 0 Å². The lowest BCUT2D eigenvalue weighted by molar-refractivity contribution is 0.390. The first-order valence-corrected chi connectivity index (χ1v) is 5.20. The SMILES string of the molecule is CC(CCN(C)C)Nc1ccc(N)nc1. The van der Waals surface area contributed by atoms with Crippen LogP contribution in [0.4, 0.5) is 11.5 Å². The lowest BCUT2D eigenvalue weighted by Gasteiger charge is -2.17. The summed E-state index contributed by atoms with van der Waals surface area (Å²) >= 11 is 0. The van der Waals surface area contributed by atoms with Crippen molar-refractivity contribution in [3.05, 3.63) is 18.3 Å². The van der Waals surface area contributed by atoms with E-state index < -0.39 is 0 Å². The summed E-state index contributed by atoms with van der Waals surface area (Å²) < 4.78 is 0. The minimum Gasteiger partial charge on any atom is -0.384 e.